The van der Waals surface area contributed by atoms with Crippen LogP contribution in [0.15, 0.2) is 23.3 Å². The number of fused-ring (bicyclic) bond motifs is 7. The Hall–Kier alpha value is -1.40. The van der Waals surface area contributed by atoms with Gasteiger partial charge in [-0.3, -0.25) is 0 Å². The normalized spacial score (nSPS) is 55.3. The monoisotopic (exact) mass is 1090 g/mol. The highest BCUT2D eigenvalue weighted by atomic mass is 16.8. The van der Waals surface area contributed by atoms with Crippen LogP contribution in [-0.4, -0.2) is 233 Å². The molecule has 436 valence electrons. The van der Waals surface area contributed by atoms with Gasteiger partial charge in [-0.05, 0) is 93.3 Å². The van der Waals surface area contributed by atoms with E-state index in [-0.39, 0.29) is 35.9 Å². The summed E-state index contributed by atoms with van der Waals surface area (Å²) < 4.78 is 49.2. The van der Waals surface area contributed by atoms with Crippen LogP contribution in [0.3, 0.4) is 0 Å². The van der Waals surface area contributed by atoms with Gasteiger partial charge in [0, 0.05) is 16.2 Å². The minimum Gasteiger partial charge on any atom is -0.396 e. The number of allylic oxidation sites excluding steroid dienone is 4. The first kappa shape index (κ1) is 59.2. The lowest BCUT2D eigenvalue weighted by Crippen LogP contribution is -2.68. The van der Waals surface area contributed by atoms with Gasteiger partial charge in [-0.2, -0.15) is 0 Å². The Balaban J connectivity index is 1.01. The average molecular weight is 1090 g/mol. The topological polar surface area (TPSA) is 357 Å². The molecule has 4 saturated carbocycles. The predicted octanol–water partition coefficient (Wildman–Crippen LogP) is -1.64. The second-order valence-corrected chi connectivity index (χ2v) is 25.8. The van der Waals surface area contributed by atoms with Crippen LogP contribution in [0.1, 0.15) is 107 Å². The summed E-state index contributed by atoms with van der Waals surface area (Å²) in [5, 5.41) is 155. The van der Waals surface area contributed by atoms with E-state index in [9.17, 15) is 71.5 Å². The van der Waals surface area contributed by atoms with Crippen LogP contribution in [0.25, 0.3) is 0 Å². The van der Waals surface area contributed by atoms with Gasteiger partial charge < -0.3 is 109 Å². The molecule has 0 bridgehead atoms. The number of aliphatic hydroxyl groups excluding tert-OH is 14. The molecule has 9 aliphatic rings. The molecule has 0 spiro atoms. The third-order valence-corrected chi connectivity index (χ3v) is 21.1. The molecule has 76 heavy (non-hydrogen) atoms. The van der Waals surface area contributed by atoms with Gasteiger partial charge in [0.2, 0.25) is 0 Å². The second-order valence-electron chi connectivity index (χ2n) is 25.8. The number of aliphatic hydroxyl groups is 14. The number of ether oxygens (including phenoxy) is 8. The van der Waals surface area contributed by atoms with Crippen molar-refractivity contribution in [3.63, 3.8) is 0 Å². The van der Waals surface area contributed by atoms with E-state index < -0.39 is 170 Å². The smallest absolute Gasteiger partial charge is 0.187 e. The zero-order valence-electron chi connectivity index (χ0n) is 45.0. The van der Waals surface area contributed by atoms with Crippen LogP contribution >= 0.6 is 0 Å². The molecule has 0 aromatic heterocycles. The lowest BCUT2D eigenvalue weighted by Gasteiger charge is -2.69. The highest BCUT2D eigenvalue weighted by molar-refractivity contribution is 5.46. The van der Waals surface area contributed by atoms with Crippen LogP contribution in [0.5, 0.6) is 0 Å². The molecule has 22 heteroatoms. The largest absolute Gasteiger partial charge is 0.396 e. The summed E-state index contributed by atoms with van der Waals surface area (Å²) >= 11 is 0. The molecule has 0 aromatic rings. The highest BCUT2D eigenvalue weighted by Gasteiger charge is 2.69. The van der Waals surface area contributed by atoms with E-state index in [1.807, 2.05) is 6.92 Å². The van der Waals surface area contributed by atoms with E-state index >= 15 is 0 Å². The molecule has 8 fully saturated rings. The molecule has 4 heterocycles. The SMILES string of the molecule is C[C@@H]1O[C@@H](O[C@@H]2CC[C@]3(C)C4=CC=C5[C@@H]6CC(C)(C)CC[C@]6(CO)[C@@H](O)C[C@@]5(C)[C@]4(C)CC[C@@H]3[C@]2(C)CO)[C@H](O[C@H]2O[C@H](CO)[C@@H](O)[C@H](O)[C@H]2O)[C@@H](O[C@@H]2O[C@H](CO)[C@@H](O[C@H]3O[C@H](C)[C@@H](O)[C@H](O)[C@@H]3O)[C@H](O)[C@H]2O)[C@H]1O. The number of rotatable bonds is 12. The van der Waals surface area contributed by atoms with Crippen LogP contribution in [0.4, 0.5) is 0 Å². The fraction of sp³-hybridized carbons (Fsp3) is 0.926. The Labute approximate surface area is 444 Å². The van der Waals surface area contributed by atoms with Gasteiger partial charge in [0.15, 0.2) is 25.2 Å². The molecule has 14 N–H and O–H groups in total. The van der Waals surface area contributed by atoms with Crippen molar-refractivity contribution in [2.24, 2.45) is 44.3 Å². The molecular formula is C54H88O22. The Bertz CT molecular complexity index is 2110. The Morgan fingerprint density at radius 3 is 1.70 bits per heavy atom. The zero-order valence-corrected chi connectivity index (χ0v) is 45.0. The molecular weight excluding hydrogens is 1000 g/mol. The maximum absolute atomic E-state index is 12.2. The summed E-state index contributed by atoms with van der Waals surface area (Å²) in [4.78, 5) is 0. The molecule has 5 aliphatic carbocycles. The van der Waals surface area contributed by atoms with Gasteiger partial charge in [0.25, 0.3) is 0 Å². The van der Waals surface area contributed by atoms with Crippen molar-refractivity contribution in [1.82, 2.24) is 0 Å². The van der Waals surface area contributed by atoms with Gasteiger partial charge in [0.05, 0.1) is 50.8 Å². The summed E-state index contributed by atoms with van der Waals surface area (Å²) in [7, 11) is 0. The summed E-state index contributed by atoms with van der Waals surface area (Å²) in [6.45, 7) is 14.2. The van der Waals surface area contributed by atoms with Crippen molar-refractivity contribution in [3.8, 4) is 0 Å². The standard InChI is InChI=1S/C54H88O22/c1-23-33(60)36(63)39(66)45(69-23)74-42-28(20-56)72-47(41(68)38(42)65)75-43-34(61)24(2)70-48(44(43)76-46-40(67)37(64)35(62)27(19-55)71-46)73-32-12-13-50(5)29(51(32,6)21-57)11-14-52(7)30(50)10-9-25-26-17-49(3,4)15-16-54(26,22-58)31(59)18-53(25,52)8/h9-10,23-24,26-29,31-48,55-68H,11-22H2,1-8H3/t23-,24+,26+,27-,28-,29+,31+,32-,33-,34+,35-,36+,37+,38-,39+,40-,41-,42-,43+,44-,45-,46-,47+,48+,50+,51+,52-,53-,54-/m1/s1. The van der Waals surface area contributed by atoms with Crippen LogP contribution in [0, 0.1) is 44.3 Å². The number of hydrogen-bond donors (Lipinski definition) is 14. The van der Waals surface area contributed by atoms with Crippen molar-refractivity contribution in [2.45, 2.75) is 242 Å². The van der Waals surface area contributed by atoms with Gasteiger partial charge in [-0.1, -0.05) is 64.8 Å². The van der Waals surface area contributed by atoms with Crippen LogP contribution < -0.4 is 0 Å². The summed E-state index contributed by atoms with van der Waals surface area (Å²) in [6.07, 6.45) is -24.8. The quantitative estimate of drug-likeness (QED) is 0.0975. The summed E-state index contributed by atoms with van der Waals surface area (Å²) in [5.74, 6) is -0.185. The van der Waals surface area contributed by atoms with Gasteiger partial charge in [0.1, 0.15) is 85.5 Å². The van der Waals surface area contributed by atoms with Crippen LogP contribution in [0.2, 0.25) is 0 Å². The number of hydrogen-bond acceptors (Lipinski definition) is 22. The maximum atomic E-state index is 12.2. The Kier molecular flexibility index (Phi) is 16.7. The van der Waals surface area contributed by atoms with Gasteiger partial charge in [-0.15, -0.1) is 0 Å². The second kappa shape index (κ2) is 21.4. The van der Waals surface area contributed by atoms with E-state index in [2.05, 4.69) is 46.8 Å². The van der Waals surface area contributed by atoms with E-state index in [1.54, 1.807) is 0 Å². The zero-order chi connectivity index (χ0) is 55.6. The van der Waals surface area contributed by atoms with Crippen molar-refractivity contribution < 1.29 is 109 Å². The first-order chi connectivity index (χ1) is 35.6. The maximum Gasteiger partial charge on any atom is 0.187 e. The van der Waals surface area contributed by atoms with Crippen molar-refractivity contribution in [1.29, 1.82) is 0 Å². The minimum absolute atomic E-state index is 0.00261. The molecule has 4 aliphatic heterocycles. The first-order valence-electron chi connectivity index (χ1n) is 27.5. The lowest BCUT2D eigenvalue weighted by molar-refractivity contribution is -0.402. The lowest BCUT2D eigenvalue weighted by atomic mass is 9.35. The fourth-order valence-corrected chi connectivity index (χ4v) is 15.9. The van der Waals surface area contributed by atoms with E-state index in [0.717, 1.165) is 25.7 Å². The summed E-state index contributed by atoms with van der Waals surface area (Å²) in [5.41, 5.74) is -0.341. The molecule has 0 radical (unpaired) electrons. The Morgan fingerprint density at radius 2 is 1.07 bits per heavy atom. The molecule has 0 unspecified atom stereocenters. The minimum atomic E-state index is -2.02. The van der Waals surface area contributed by atoms with E-state index in [1.165, 1.54) is 25.0 Å². The first-order valence-corrected chi connectivity index (χ1v) is 27.5. The molecule has 0 amide bonds. The molecule has 29 atom stereocenters. The molecule has 9 rings (SSSR count). The third-order valence-electron chi connectivity index (χ3n) is 21.1. The summed E-state index contributed by atoms with van der Waals surface area (Å²) in [6, 6.07) is 0. The van der Waals surface area contributed by atoms with Gasteiger partial charge in [-0.25, -0.2) is 0 Å². The van der Waals surface area contributed by atoms with Crippen LogP contribution in [-0.2, 0) is 37.9 Å². The fourth-order valence-electron chi connectivity index (χ4n) is 15.9. The predicted molar refractivity (Wildman–Crippen MR) is 263 cm³/mol. The highest BCUT2D eigenvalue weighted by Crippen LogP contribution is 2.75. The molecule has 22 nitrogen and oxygen atoms in total. The van der Waals surface area contributed by atoms with Crippen molar-refractivity contribution in [2.75, 3.05) is 26.4 Å². The van der Waals surface area contributed by atoms with Crippen molar-refractivity contribution >= 4 is 0 Å². The average Bonchev–Trinajstić information content (AvgIpc) is 3.58. The van der Waals surface area contributed by atoms with Crippen molar-refractivity contribution in [3.05, 3.63) is 23.3 Å². The van der Waals surface area contributed by atoms with E-state index in [4.69, 9.17) is 37.9 Å². The third kappa shape index (κ3) is 9.34. The molecule has 4 saturated heterocycles. The molecule has 0 aromatic carbocycles. The Morgan fingerprint density at radius 1 is 0.500 bits per heavy atom. The van der Waals surface area contributed by atoms with Gasteiger partial charge >= 0.3 is 0 Å². The van der Waals surface area contributed by atoms with E-state index in [0.29, 0.717) is 25.7 Å².